The zero-order valence-electron chi connectivity index (χ0n) is 13.3. The van der Waals surface area contributed by atoms with Crippen molar-refractivity contribution in [2.75, 3.05) is 12.3 Å². The average molecular weight is 319 g/mol. The third-order valence-corrected chi connectivity index (χ3v) is 4.38. The molecule has 0 saturated carbocycles. The Kier molecular flexibility index (Phi) is 3.30. The van der Waals surface area contributed by atoms with Gasteiger partial charge < -0.3 is 15.6 Å². The number of fused-ring (bicyclic) bond motifs is 1. The van der Waals surface area contributed by atoms with Crippen molar-refractivity contribution in [2.45, 2.75) is 6.42 Å². The number of nitrogen functional groups attached to an aromatic ring is 1. The van der Waals surface area contributed by atoms with Gasteiger partial charge in [0, 0.05) is 37.5 Å². The molecule has 6 heteroatoms. The summed E-state index contributed by atoms with van der Waals surface area (Å²) < 4.78 is 2.03. The van der Waals surface area contributed by atoms with Crippen LogP contribution in [0.1, 0.15) is 16.1 Å². The third kappa shape index (κ3) is 2.23. The van der Waals surface area contributed by atoms with Crippen LogP contribution in [0.4, 0.5) is 5.95 Å². The monoisotopic (exact) mass is 319 g/mol. The van der Waals surface area contributed by atoms with Gasteiger partial charge in [-0.15, -0.1) is 0 Å². The molecular formula is C18H17N5O. The second-order valence-corrected chi connectivity index (χ2v) is 5.81. The summed E-state index contributed by atoms with van der Waals surface area (Å²) in [6, 6.07) is 11.8. The molecule has 0 radical (unpaired) electrons. The molecule has 4 rings (SSSR count). The number of carbonyl (C=O) groups is 1. The van der Waals surface area contributed by atoms with Crippen LogP contribution in [0.25, 0.3) is 22.5 Å². The molecule has 0 atom stereocenters. The summed E-state index contributed by atoms with van der Waals surface area (Å²) >= 11 is 0. The Morgan fingerprint density at radius 1 is 1.21 bits per heavy atom. The fraction of sp³-hybridized carbons (Fsp3) is 0.167. The molecule has 0 unspecified atom stereocenters. The minimum atomic E-state index is -0.0404. The molecule has 1 amide bonds. The number of nitrogens with two attached hydrogens (primary N) is 1. The van der Waals surface area contributed by atoms with Gasteiger partial charge in [-0.1, -0.05) is 30.3 Å². The standard InChI is InChI=1S/C18H17N5O/c1-23-14-7-8-20-17(24)12(14)9-15(23)16-13(10-21-18(19)22-16)11-5-3-2-4-6-11/h2-6,9-10H,7-8H2,1H3,(H,20,24)(H2,19,21,22). The lowest BCUT2D eigenvalue weighted by atomic mass is 10.0. The van der Waals surface area contributed by atoms with Crippen LogP contribution in [0.15, 0.2) is 42.6 Å². The number of aromatic nitrogens is 3. The molecule has 1 aliphatic rings. The van der Waals surface area contributed by atoms with Crippen molar-refractivity contribution in [2.24, 2.45) is 7.05 Å². The lowest BCUT2D eigenvalue weighted by molar-refractivity contribution is 0.0945. The van der Waals surface area contributed by atoms with Crippen molar-refractivity contribution >= 4 is 11.9 Å². The predicted octanol–water partition coefficient (Wildman–Crippen LogP) is 2.02. The summed E-state index contributed by atoms with van der Waals surface area (Å²) in [6.07, 6.45) is 2.54. The van der Waals surface area contributed by atoms with E-state index in [0.29, 0.717) is 12.1 Å². The smallest absolute Gasteiger partial charge is 0.253 e. The average Bonchev–Trinajstić information content (AvgIpc) is 2.94. The number of benzene rings is 1. The summed E-state index contributed by atoms with van der Waals surface area (Å²) in [5.41, 5.74) is 11.1. The van der Waals surface area contributed by atoms with Crippen molar-refractivity contribution in [3.05, 3.63) is 53.9 Å². The molecule has 0 aliphatic carbocycles. The van der Waals surface area contributed by atoms with Crippen LogP contribution in [0.5, 0.6) is 0 Å². The topological polar surface area (TPSA) is 85.8 Å². The maximum Gasteiger partial charge on any atom is 0.253 e. The Bertz CT molecular complexity index is 930. The van der Waals surface area contributed by atoms with Gasteiger partial charge >= 0.3 is 0 Å². The van der Waals surface area contributed by atoms with E-state index in [9.17, 15) is 4.79 Å². The van der Waals surface area contributed by atoms with E-state index in [1.807, 2.05) is 48.0 Å². The van der Waals surface area contributed by atoms with Crippen molar-refractivity contribution in [1.29, 1.82) is 0 Å². The first-order valence-electron chi connectivity index (χ1n) is 7.80. The van der Waals surface area contributed by atoms with Crippen LogP contribution in [0.2, 0.25) is 0 Å². The number of nitrogens with zero attached hydrogens (tertiary/aromatic N) is 3. The van der Waals surface area contributed by atoms with E-state index in [2.05, 4.69) is 15.3 Å². The predicted molar refractivity (Wildman–Crippen MR) is 92.3 cm³/mol. The molecule has 3 heterocycles. The summed E-state index contributed by atoms with van der Waals surface area (Å²) in [6.45, 7) is 0.653. The Morgan fingerprint density at radius 2 is 2.00 bits per heavy atom. The summed E-state index contributed by atoms with van der Waals surface area (Å²) in [5.74, 6) is 0.176. The van der Waals surface area contributed by atoms with E-state index in [1.54, 1.807) is 6.20 Å². The minimum Gasteiger partial charge on any atom is -0.368 e. The highest BCUT2D eigenvalue weighted by molar-refractivity contribution is 5.98. The Hall–Kier alpha value is -3.15. The molecule has 0 bridgehead atoms. The van der Waals surface area contributed by atoms with E-state index in [-0.39, 0.29) is 11.9 Å². The van der Waals surface area contributed by atoms with Crippen molar-refractivity contribution in [1.82, 2.24) is 19.9 Å². The number of nitrogens with one attached hydrogen (secondary N) is 1. The number of amides is 1. The SMILES string of the molecule is Cn1c(-c2nc(N)ncc2-c2ccccc2)cc2c1CCNC2=O. The maximum absolute atomic E-state index is 12.1. The Balaban J connectivity index is 1.95. The molecule has 120 valence electrons. The van der Waals surface area contributed by atoms with E-state index >= 15 is 0 Å². The first-order valence-corrected chi connectivity index (χ1v) is 7.80. The van der Waals surface area contributed by atoms with Gasteiger partial charge in [0.1, 0.15) is 5.69 Å². The minimum absolute atomic E-state index is 0.0404. The van der Waals surface area contributed by atoms with Gasteiger partial charge in [0.25, 0.3) is 5.91 Å². The number of hydrogen-bond donors (Lipinski definition) is 2. The zero-order valence-corrected chi connectivity index (χ0v) is 13.3. The first-order chi connectivity index (χ1) is 11.6. The molecule has 0 fully saturated rings. The fourth-order valence-corrected chi connectivity index (χ4v) is 3.18. The number of carbonyl (C=O) groups excluding carboxylic acids is 1. The maximum atomic E-state index is 12.1. The van der Waals surface area contributed by atoms with Crippen LogP contribution in [0, 0.1) is 0 Å². The van der Waals surface area contributed by atoms with Gasteiger partial charge in [-0.2, -0.15) is 0 Å². The lowest BCUT2D eigenvalue weighted by Crippen LogP contribution is -2.31. The molecule has 3 aromatic rings. The van der Waals surface area contributed by atoms with Gasteiger partial charge in [0.15, 0.2) is 0 Å². The largest absolute Gasteiger partial charge is 0.368 e. The van der Waals surface area contributed by atoms with Gasteiger partial charge in [-0.25, -0.2) is 9.97 Å². The fourth-order valence-electron chi connectivity index (χ4n) is 3.18. The first kappa shape index (κ1) is 14.4. The third-order valence-electron chi connectivity index (χ3n) is 4.38. The molecule has 0 spiro atoms. The Labute approximate surface area is 139 Å². The molecule has 24 heavy (non-hydrogen) atoms. The highest BCUT2D eigenvalue weighted by atomic mass is 16.1. The van der Waals surface area contributed by atoms with Crippen LogP contribution in [0.3, 0.4) is 0 Å². The van der Waals surface area contributed by atoms with E-state index < -0.39 is 0 Å². The van der Waals surface area contributed by atoms with Crippen molar-refractivity contribution in [3.63, 3.8) is 0 Å². The Morgan fingerprint density at radius 3 is 2.75 bits per heavy atom. The van der Waals surface area contributed by atoms with Crippen LogP contribution >= 0.6 is 0 Å². The van der Waals surface area contributed by atoms with Crippen LogP contribution in [-0.2, 0) is 13.5 Å². The molecule has 3 N–H and O–H groups in total. The van der Waals surface area contributed by atoms with Crippen molar-refractivity contribution < 1.29 is 4.79 Å². The summed E-state index contributed by atoms with van der Waals surface area (Å²) in [7, 11) is 1.96. The summed E-state index contributed by atoms with van der Waals surface area (Å²) in [5, 5.41) is 2.88. The number of rotatable bonds is 2. The van der Waals surface area contributed by atoms with Gasteiger partial charge in [-0.05, 0) is 11.6 Å². The highest BCUT2D eigenvalue weighted by Crippen LogP contribution is 2.33. The molecule has 2 aromatic heterocycles. The van der Waals surface area contributed by atoms with E-state index in [4.69, 9.17) is 5.73 Å². The van der Waals surface area contributed by atoms with Gasteiger partial charge in [0.2, 0.25) is 5.95 Å². The van der Waals surface area contributed by atoms with E-state index in [0.717, 1.165) is 34.6 Å². The highest BCUT2D eigenvalue weighted by Gasteiger charge is 2.24. The molecule has 1 aliphatic heterocycles. The molecule has 1 aromatic carbocycles. The lowest BCUT2D eigenvalue weighted by Gasteiger charge is -2.15. The molecular weight excluding hydrogens is 302 g/mol. The zero-order chi connectivity index (χ0) is 16.7. The van der Waals surface area contributed by atoms with Gasteiger partial charge in [-0.3, -0.25) is 4.79 Å². The number of hydrogen-bond acceptors (Lipinski definition) is 4. The van der Waals surface area contributed by atoms with Crippen LogP contribution in [-0.4, -0.2) is 27.0 Å². The van der Waals surface area contributed by atoms with Crippen molar-refractivity contribution in [3.8, 4) is 22.5 Å². The number of anilines is 1. The summed E-state index contributed by atoms with van der Waals surface area (Å²) in [4.78, 5) is 20.7. The molecule has 6 nitrogen and oxygen atoms in total. The van der Waals surface area contributed by atoms with Gasteiger partial charge in [0.05, 0.1) is 11.3 Å². The normalized spacial score (nSPS) is 13.5. The van der Waals surface area contributed by atoms with E-state index in [1.165, 1.54) is 0 Å². The quantitative estimate of drug-likeness (QED) is 0.756. The van der Waals surface area contributed by atoms with Crippen LogP contribution < -0.4 is 11.1 Å². The molecule has 0 saturated heterocycles. The second-order valence-electron chi connectivity index (χ2n) is 5.81. The second kappa shape index (κ2) is 5.49.